The molecule has 1 amide bonds. The Labute approximate surface area is 147 Å². The summed E-state index contributed by atoms with van der Waals surface area (Å²) in [4.78, 5) is 12.1. The molecule has 0 atom stereocenters. The maximum absolute atomic E-state index is 12.1. The predicted octanol–water partition coefficient (Wildman–Crippen LogP) is 4.90. The van der Waals surface area contributed by atoms with Crippen molar-refractivity contribution in [2.45, 2.75) is 0 Å². The highest BCUT2D eigenvalue weighted by atomic mass is 35.5. The maximum Gasteiger partial charge on any atom is 0.266 e. The van der Waals surface area contributed by atoms with Crippen LogP contribution in [-0.2, 0) is 4.79 Å². The van der Waals surface area contributed by atoms with Crippen LogP contribution in [0.5, 0.6) is 5.75 Å². The zero-order chi connectivity index (χ0) is 17.0. The van der Waals surface area contributed by atoms with Crippen molar-refractivity contribution >= 4 is 52.5 Å². The van der Waals surface area contributed by atoms with Gasteiger partial charge in [0.15, 0.2) is 5.75 Å². The second-order valence-electron chi connectivity index (χ2n) is 4.46. The standard InChI is InChI=1S/C16H9Cl3N2O2/c17-11-1-3-12(4-2-11)21-16(23)10(8-20)5-9-6-13(18)15(22)14(19)7-9/h1-7,22H,(H,21,23)/b10-5-. The Morgan fingerprint density at radius 2 is 1.70 bits per heavy atom. The number of nitriles is 1. The summed E-state index contributed by atoms with van der Waals surface area (Å²) in [6.45, 7) is 0. The van der Waals surface area contributed by atoms with Gasteiger partial charge in [-0.05, 0) is 48.0 Å². The van der Waals surface area contributed by atoms with Gasteiger partial charge < -0.3 is 10.4 Å². The Hall–Kier alpha value is -2.19. The van der Waals surface area contributed by atoms with Crippen LogP contribution in [0.4, 0.5) is 5.69 Å². The molecule has 0 radical (unpaired) electrons. The molecule has 0 aliphatic heterocycles. The van der Waals surface area contributed by atoms with Gasteiger partial charge in [0, 0.05) is 10.7 Å². The van der Waals surface area contributed by atoms with Crippen molar-refractivity contribution in [3.05, 3.63) is 62.6 Å². The van der Waals surface area contributed by atoms with Crippen LogP contribution in [0.1, 0.15) is 5.56 Å². The van der Waals surface area contributed by atoms with Gasteiger partial charge in [-0.15, -0.1) is 0 Å². The van der Waals surface area contributed by atoms with Gasteiger partial charge in [0.25, 0.3) is 5.91 Å². The maximum atomic E-state index is 12.1. The number of halogens is 3. The number of phenols is 1. The molecule has 0 saturated carbocycles. The summed E-state index contributed by atoms with van der Waals surface area (Å²) >= 11 is 17.4. The number of hydrogen-bond donors (Lipinski definition) is 2. The Kier molecular flexibility index (Phi) is 5.51. The average Bonchev–Trinajstić information content (AvgIpc) is 2.52. The third-order valence-electron chi connectivity index (χ3n) is 2.82. The van der Waals surface area contributed by atoms with E-state index in [0.717, 1.165) is 0 Å². The number of nitrogens with zero attached hydrogens (tertiary/aromatic N) is 1. The molecule has 0 saturated heterocycles. The topological polar surface area (TPSA) is 73.1 Å². The van der Waals surface area contributed by atoms with Gasteiger partial charge in [-0.2, -0.15) is 5.26 Å². The number of carbonyl (C=O) groups excluding carboxylic acids is 1. The summed E-state index contributed by atoms with van der Waals surface area (Å²) in [5.74, 6) is -0.843. The van der Waals surface area contributed by atoms with Crippen molar-refractivity contribution in [3.8, 4) is 11.8 Å². The minimum absolute atomic E-state index is 0.0270. The highest BCUT2D eigenvalue weighted by Crippen LogP contribution is 2.33. The Morgan fingerprint density at radius 1 is 1.13 bits per heavy atom. The summed E-state index contributed by atoms with van der Waals surface area (Å²) in [6, 6.07) is 11.1. The second kappa shape index (κ2) is 7.38. The lowest BCUT2D eigenvalue weighted by molar-refractivity contribution is -0.112. The van der Waals surface area contributed by atoms with Crippen LogP contribution in [-0.4, -0.2) is 11.0 Å². The second-order valence-corrected chi connectivity index (χ2v) is 5.71. The van der Waals surface area contributed by atoms with E-state index in [1.54, 1.807) is 24.3 Å². The molecule has 0 fully saturated rings. The van der Waals surface area contributed by atoms with E-state index in [-0.39, 0.29) is 21.4 Å². The van der Waals surface area contributed by atoms with Gasteiger partial charge in [-0.25, -0.2) is 0 Å². The van der Waals surface area contributed by atoms with E-state index in [1.807, 2.05) is 6.07 Å². The molecular formula is C16H9Cl3N2O2. The molecule has 2 aromatic carbocycles. The molecule has 0 aromatic heterocycles. The van der Waals surface area contributed by atoms with Crippen molar-refractivity contribution in [2.75, 3.05) is 5.32 Å². The first-order chi connectivity index (χ1) is 10.9. The molecule has 2 aromatic rings. The van der Waals surface area contributed by atoms with Crippen molar-refractivity contribution in [1.29, 1.82) is 5.26 Å². The molecule has 116 valence electrons. The van der Waals surface area contributed by atoms with E-state index in [1.165, 1.54) is 18.2 Å². The smallest absolute Gasteiger partial charge is 0.266 e. The number of anilines is 1. The zero-order valence-electron chi connectivity index (χ0n) is 11.5. The van der Waals surface area contributed by atoms with Crippen LogP contribution in [0.15, 0.2) is 42.0 Å². The number of nitrogens with one attached hydrogen (secondary N) is 1. The molecule has 23 heavy (non-hydrogen) atoms. The fourth-order valence-electron chi connectivity index (χ4n) is 1.72. The molecule has 0 aliphatic rings. The number of phenolic OH excluding ortho intramolecular Hbond substituents is 1. The lowest BCUT2D eigenvalue weighted by Gasteiger charge is -2.05. The normalized spacial score (nSPS) is 11.0. The molecule has 0 bridgehead atoms. The van der Waals surface area contributed by atoms with Crippen molar-refractivity contribution in [3.63, 3.8) is 0 Å². The van der Waals surface area contributed by atoms with Crippen LogP contribution >= 0.6 is 34.8 Å². The first kappa shape index (κ1) is 17.2. The third-order valence-corrected chi connectivity index (χ3v) is 3.65. The largest absolute Gasteiger partial charge is 0.505 e. The van der Waals surface area contributed by atoms with Crippen molar-refractivity contribution < 1.29 is 9.90 Å². The van der Waals surface area contributed by atoms with Gasteiger partial charge in [0.05, 0.1) is 10.0 Å². The molecule has 2 N–H and O–H groups in total. The van der Waals surface area contributed by atoms with E-state index >= 15 is 0 Å². The molecule has 7 heteroatoms. The summed E-state index contributed by atoms with van der Waals surface area (Å²) in [5.41, 5.74) is 0.778. The Morgan fingerprint density at radius 3 is 2.22 bits per heavy atom. The molecular weight excluding hydrogens is 359 g/mol. The lowest BCUT2D eigenvalue weighted by atomic mass is 10.1. The highest BCUT2D eigenvalue weighted by molar-refractivity contribution is 6.37. The Balaban J connectivity index is 2.26. The highest BCUT2D eigenvalue weighted by Gasteiger charge is 2.11. The summed E-state index contributed by atoms with van der Waals surface area (Å²) in [5, 5.41) is 21.8. The summed E-state index contributed by atoms with van der Waals surface area (Å²) in [6.07, 6.45) is 1.32. The molecule has 0 aliphatic carbocycles. The van der Waals surface area contributed by atoms with Gasteiger partial charge >= 0.3 is 0 Å². The number of aromatic hydroxyl groups is 1. The van der Waals surface area contributed by atoms with E-state index < -0.39 is 5.91 Å². The summed E-state index contributed by atoms with van der Waals surface area (Å²) < 4.78 is 0. The first-order valence-electron chi connectivity index (χ1n) is 6.27. The molecule has 0 spiro atoms. The molecule has 0 unspecified atom stereocenters. The minimum Gasteiger partial charge on any atom is -0.505 e. The van der Waals surface area contributed by atoms with E-state index in [9.17, 15) is 9.90 Å². The van der Waals surface area contributed by atoms with E-state index in [2.05, 4.69) is 5.32 Å². The number of benzene rings is 2. The van der Waals surface area contributed by atoms with Crippen molar-refractivity contribution in [1.82, 2.24) is 0 Å². The van der Waals surface area contributed by atoms with Gasteiger partial charge in [-0.3, -0.25) is 4.79 Å². The van der Waals surface area contributed by atoms with Crippen LogP contribution in [0.25, 0.3) is 6.08 Å². The van der Waals surface area contributed by atoms with Gasteiger partial charge in [0.2, 0.25) is 0 Å². The minimum atomic E-state index is -0.588. The average molecular weight is 368 g/mol. The first-order valence-corrected chi connectivity index (χ1v) is 7.41. The number of amides is 1. The fraction of sp³-hybridized carbons (Fsp3) is 0. The van der Waals surface area contributed by atoms with Gasteiger partial charge in [-0.1, -0.05) is 34.8 Å². The SMILES string of the molecule is N#C/C(=C/c1cc(Cl)c(O)c(Cl)c1)C(=O)Nc1ccc(Cl)cc1. The quantitative estimate of drug-likeness (QED) is 0.598. The van der Waals surface area contributed by atoms with Crippen molar-refractivity contribution in [2.24, 2.45) is 0 Å². The molecule has 2 rings (SSSR count). The van der Waals surface area contributed by atoms with E-state index in [0.29, 0.717) is 16.3 Å². The van der Waals surface area contributed by atoms with Crippen LogP contribution in [0.2, 0.25) is 15.1 Å². The van der Waals surface area contributed by atoms with Crippen LogP contribution in [0.3, 0.4) is 0 Å². The van der Waals surface area contributed by atoms with Gasteiger partial charge in [0.1, 0.15) is 11.6 Å². The van der Waals surface area contributed by atoms with Crippen LogP contribution < -0.4 is 5.32 Å². The monoisotopic (exact) mass is 366 g/mol. The molecule has 0 heterocycles. The van der Waals surface area contributed by atoms with Crippen LogP contribution in [0, 0.1) is 11.3 Å². The number of carbonyl (C=O) groups is 1. The number of hydrogen-bond acceptors (Lipinski definition) is 3. The summed E-state index contributed by atoms with van der Waals surface area (Å²) in [7, 11) is 0. The number of rotatable bonds is 3. The lowest BCUT2D eigenvalue weighted by Crippen LogP contribution is -2.13. The Bertz CT molecular complexity index is 801. The molecule has 4 nitrogen and oxygen atoms in total. The predicted molar refractivity (Wildman–Crippen MR) is 91.8 cm³/mol. The van der Waals surface area contributed by atoms with E-state index in [4.69, 9.17) is 40.1 Å². The fourth-order valence-corrected chi connectivity index (χ4v) is 2.35. The zero-order valence-corrected chi connectivity index (χ0v) is 13.7. The third kappa shape index (κ3) is 4.40.